The molecule has 1 amide bonds. The van der Waals surface area contributed by atoms with Crippen molar-refractivity contribution in [2.24, 2.45) is 0 Å². The summed E-state index contributed by atoms with van der Waals surface area (Å²) in [5.41, 5.74) is 5.42. The predicted molar refractivity (Wildman–Crippen MR) is 53.6 cm³/mol. The van der Waals surface area contributed by atoms with Crippen LogP contribution in [0, 0.1) is 0 Å². The first-order chi connectivity index (χ1) is 6.58. The molecule has 0 aliphatic rings. The fourth-order valence-electron chi connectivity index (χ4n) is 0.910. The van der Waals surface area contributed by atoms with Gasteiger partial charge in [-0.2, -0.15) is 0 Å². The van der Waals surface area contributed by atoms with Crippen molar-refractivity contribution < 1.29 is 4.79 Å². The molecule has 1 rings (SSSR count). The average Bonchev–Trinajstić information content (AvgIpc) is 2.01. The van der Waals surface area contributed by atoms with E-state index in [-0.39, 0.29) is 5.91 Å². The summed E-state index contributed by atoms with van der Waals surface area (Å²) in [5.74, 6) is 0.623. The number of hydrogen-bond acceptors (Lipinski definition) is 5. The smallest absolute Gasteiger partial charge is 0.239 e. The Balaban J connectivity index is 2.56. The number of aromatic nitrogens is 2. The van der Waals surface area contributed by atoms with Crippen molar-refractivity contribution in [1.82, 2.24) is 14.9 Å². The Kier molecular flexibility index (Phi) is 3.35. The molecule has 0 unspecified atom stereocenters. The largest absolute Gasteiger partial charge is 0.384 e. The second-order valence-corrected chi connectivity index (χ2v) is 3.11. The number of nitrogen functional groups attached to an aromatic ring is 1. The van der Waals surface area contributed by atoms with Crippen molar-refractivity contribution in [1.29, 1.82) is 0 Å². The van der Waals surface area contributed by atoms with Crippen molar-refractivity contribution in [3.8, 4) is 0 Å². The molecule has 1 heterocycles. The Morgan fingerprint density at radius 3 is 2.86 bits per heavy atom. The molecule has 0 saturated carbocycles. The summed E-state index contributed by atoms with van der Waals surface area (Å²) in [4.78, 5) is 20.6. The van der Waals surface area contributed by atoms with Crippen LogP contribution in [0.1, 0.15) is 0 Å². The van der Waals surface area contributed by atoms with E-state index in [4.69, 9.17) is 5.73 Å². The highest BCUT2D eigenvalue weighted by atomic mass is 16.2. The molecular formula is C8H13N5O. The van der Waals surface area contributed by atoms with Gasteiger partial charge in [0.05, 0.1) is 6.54 Å². The summed E-state index contributed by atoms with van der Waals surface area (Å²) in [6.07, 6.45) is 1.31. The number of rotatable bonds is 3. The maximum atomic E-state index is 11.3. The fraction of sp³-hybridized carbons (Fsp3) is 0.375. The van der Waals surface area contributed by atoms with E-state index in [1.807, 2.05) is 14.1 Å². The molecule has 0 aliphatic carbocycles. The minimum atomic E-state index is -0.131. The quantitative estimate of drug-likeness (QED) is 0.683. The third-order valence-corrected chi connectivity index (χ3v) is 1.42. The Labute approximate surface area is 82.1 Å². The third-order valence-electron chi connectivity index (χ3n) is 1.42. The normalized spacial score (nSPS) is 10.2. The van der Waals surface area contributed by atoms with E-state index in [2.05, 4.69) is 15.3 Å². The van der Waals surface area contributed by atoms with Crippen LogP contribution < -0.4 is 11.1 Å². The summed E-state index contributed by atoms with van der Waals surface area (Å²) >= 11 is 0. The maximum Gasteiger partial charge on any atom is 0.239 e. The number of nitrogens with two attached hydrogens (primary N) is 1. The van der Waals surface area contributed by atoms with E-state index in [0.717, 1.165) is 0 Å². The SMILES string of the molecule is CN(C)CC(=O)Nc1cc(N)ncn1. The molecule has 0 spiro atoms. The zero-order valence-electron chi connectivity index (χ0n) is 8.19. The van der Waals surface area contributed by atoms with Gasteiger partial charge < -0.3 is 16.0 Å². The third kappa shape index (κ3) is 3.36. The van der Waals surface area contributed by atoms with Crippen molar-refractivity contribution >= 4 is 17.5 Å². The van der Waals surface area contributed by atoms with Crippen molar-refractivity contribution in [2.75, 3.05) is 31.7 Å². The molecule has 1 aromatic heterocycles. The molecule has 6 heteroatoms. The predicted octanol–water partition coefficient (Wildman–Crippen LogP) is -0.441. The van der Waals surface area contributed by atoms with Crippen molar-refractivity contribution in [3.63, 3.8) is 0 Å². The number of hydrogen-bond donors (Lipinski definition) is 2. The number of carbonyl (C=O) groups is 1. The Morgan fingerprint density at radius 1 is 1.57 bits per heavy atom. The molecule has 0 radical (unpaired) electrons. The van der Waals surface area contributed by atoms with Crippen LogP contribution >= 0.6 is 0 Å². The standard InChI is InChI=1S/C8H13N5O/c1-13(2)4-8(14)12-7-3-6(9)10-5-11-7/h3,5H,4H2,1-2H3,(H3,9,10,11,12,14). The summed E-state index contributed by atoms with van der Waals surface area (Å²) in [5, 5.41) is 2.60. The first-order valence-electron chi connectivity index (χ1n) is 4.10. The zero-order valence-corrected chi connectivity index (χ0v) is 8.19. The topological polar surface area (TPSA) is 84.1 Å². The van der Waals surface area contributed by atoms with Crippen LogP contribution in [0.2, 0.25) is 0 Å². The van der Waals surface area contributed by atoms with E-state index in [1.54, 1.807) is 4.90 Å². The molecule has 76 valence electrons. The van der Waals surface area contributed by atoms with Crippen LogP contribution in [-0.4, -0.2) is 41.4 Å². The summed E-state index contributed by atoms with van der Waals surface area (Å²) in [7, 11) is 3.63. The Bertz CT molecular complexity index is 325. The number of likely N-dealkylation sites (N-methyl/N-ethyl adjacent to an activating group) is 1. The molecule has 14 heavy (non-hydrogen) atoms. The lowest BCUT2D eigenvalue weighted by atomic mass is 10.5. The molecule has 3 N–H and O–H groups in total. The molecule has 0 aliphatic heterocycles. The van der Waals surface area contributed by atoms with Gasteiger partial charge in [0, 0.05) is 6.07 Å². The van der Waals surface area contributed by atoms with Gasteiger partial charge in [-0.15, -0.1) is 0 Å². The molecule has 1 aromatic rings. The van der Waals surface area contributed by atoms with Gasteiger partial charge in [0.15, 0.2) is 0 Å². The summed E-state index contributed by atoms with van der Waals surface area (Å²) in [6, 6.07) is 1.51. The Morgan fingerprint density at radius 2 is 2.29 bits per heavy atom. The van der Waals surface area contributed by atoms with Gasteiger partial charge in [-0.25, -0.2) is 9.97 Å². The second kappa shape index (κ2) is 4.52. The van der Waals surface area contributed by atoms with Gasteiger partial charge in [-0.1, -0.05) is 0 Å². The van der Waals surface area contributed by atoms with Crippen LogP contribution in [-0.2, 0) is 4.79 Å². The molecule has 0 fully saturated rings. The number of nitrogens with one attached hydrogen (secondary N) is 1. The summed E-state index contributed by atoms with van der Waals surface area (Å²) < 4.78 is 0. The van der Waals surface area contributed by atoms with Crippen molar-refractivity contribution in [3.05, 3.63) is 12.4 Å². The molecule has 6 nitrogen and oxygen atoms in total. The Hall–Kier alpha value is -1.69. The van der Waals surface area contributed by atoms with Crippen LogP contribution in [0.5, 0.6) is 0 Å². The number of amides is 1. The highest BCUT2D eigenvalue weighted by molar-refractivity contribution is 5.91. The second-order valence-electron chi connectivity index (χ2n) is 3.11. The van der Waals surface area contributed by atoms with Gasteiger partial charge in [-0.3, -0.25) is 4.79 Å². The maximum absolute atomic E-state index is 11.3. The lowest BCUT2D eigenvalue weighted by Crippen LogP contribution is -2.27. The molecular weight excluding hydrogens is 182 g/mol. The lowest BCUT2D eigenvalue weighted by Gasteiger charge is -2.09. The molecule has 0 aromatic carbocycles. The van der Waals surface area contributed by atoms with E-state index in [1.165, 1.54) is 12.4 Å². The lowest BCUT2D eigenvalue weighted by molar-refractivity contribution is -0.116. The monoisotopic (exact) mass is 195 g/mol. The number of carbonyl (C=O) groups excluding carboxylic acids is 1. The van der Waals surface area contributed by atoms with Gasteiger partial charge in [0.1, 0.15) is 18.0 Å². The van der Waals surface area contributed by atoms with Crippen LogP contribution in [0.25, 0.3) is 0 Å². The first kappa shape index (κ1) is 10.4. The number of anilines is 2. The van der Waals surface area contributed by atoms with Crippen LogP contribution in [0.4, 0.5) is 11.6 Å². The minimum Gasteiger partial charge on any atom is -0.384 e. The molecule has 0 atom stereocenters. The van der Waals surface area contributed by atoms with Gasteiger partial charge in [0.25, 0.3) is 0 Å². The van der Waals surface area contributed by atoms with E-state index < -0.39 is 0 Å². The number of nitrogens with zero attached hydrogens (tertiary/aromatic N) is 3. The van der Waals surface area contributed by atoms with E-state index in [9.17, 15) is 4.79 Å². The molecule has 0 bridgehead atoms. The zero-order chi connectivity index (χ0) is 10.6. The van der Waals surface area contributed by atoms with Crippen LogP contribution in [0.15, 0.2) is 12.4 Å². The van der Waals surface area contributed by atoms with Gasteiger partial charge in [0.2, 0.25) is 5.91 Å². The van der Waals surface area contributed by atoms with Gasteiger partial charge >= 0.3 is 0 Å². The molecule has 0 saturated heterocycles. The van der Waals surface area contributed by atoms with E-state index >= 15 is 0 Å². The van der Waals surface area contributed by atoms with E-state index in [0.29, 0.717) is 18.2 Å². The average molecular weight is 195 g/mol. The first-order valence-corrected chi connectivity index (χ1v) is 4.10. The highest BCUT2D eigenvalue weighted by Gasteiger charge is 2.04. The fourth-order valence-corrected chi connectivity index (χ4v) is 0.910. The summed E-state index contributed by atoms with van der Waals surface area (Å²) in [6.45, 7) is 0.309. The van der Waals surface area contributed by atoms with Crippen molar-refractivity contribution in [2.45, 2.75) is 0 Å². The minimum absolute atomic E-state index is 0.131. The van der Waals surface area contributed by atoms with Gasteiger partial charge in [-0.05, 0) is 14.1 Å². The highest BCUT2D eigenvalue weighted by Crippen LogP contribution is 2.04. The van der Waals surface area contributed by atoms with Crippen LogP contribution in [0.3, 0.4) is 0 Å².